The molecule has 3 heterocycles. The molecule has 2 aliphatic rings. The van der Waals surface area contributed by atoms with E-state index in [0.29, 0.717) is 18.8 Å². The topological polar surface area (TPSA) is 89.4 Å². The number of ether oxygens (including phenoxy) is 1. The fraction of sp³-hybridized carbons (Fsp3) is 0.529. The number of aromatic nitrogens is 3. The lowest BCUT2D eigenvalue weighted by Crippen LogP contribution is -2.39. The molecule has 0 bridgehead atoms. The van der Waals surface area contributed by atoms with Crippen molar-refractivity contribution >= 4 is 10.0 Å². The zero-order valence-corrected chi connectivity index (χ0v) is 15.6. The Kier molecular flexibility index (Phi) is 4.68. The number of fused-ring (bicyclic) bond motifs is 1. The summed E-state index contributed by atoms with van der Waals surface area (Å²) in [5, 5.41) is 11.9. The van der Waals surface area contributed by atoms with E-state index in [0.717, 1.165) is 44.1 Å². The quantitative estimate of drug-likeness (QED) is 0.854. The van der Waals surface area contributed by atoms with Gasteiger partial charge in [-0.15, -0.1) is 10.2 Å². The molecule has 0 atom stereocenters. The Bertz CT molecular complexity index is 888. The van der Waals surface area contributed by atoms with E-state index in [1.54, 1.807) is 28.6 Å². The molecule has 1 aromatic heterocycles. The first-order valence-electron chi connectivity index (χ1n) is 8.87. The van der Waals surface area contributed by atoms with E-state index in [-0.39, 0.29) is 10.8 Å². The van der Waals surface area contributed by atoms with E-state index in [1.807, 2.05) is 0 Å². The van der Waals surface area contributed by atoms with Crippen LogP contribution >= 0.6 is 0 Å². The second kappa shape index (κ2) is 6.98. The van der Waals surface area contributed by atoms with Crippen LogP contribution in [0.4, 0.5) is 0 Å². The van der Waals surface area contributed by atoms with Crippen LogP contribution in [0.25, 0.3) is 0 Å². The maximum absolute atomic E-state index is 13.0. The molecule has 1 saturated heterocycles. The minimum absolute atomic E-state index is 0.229. The monoisotopic (exact) mass is 377 g/mol. The van der Waals surface area contributed by atoms with Crippen LogP contribution in [0.2, 0.25) is 0 Å². The molecule has 9 heteroatoms. The van der Waals surface area contributed by atoms with Gasteiger partial charge in [-0.2, -0.15) is 4.31 Å². The number of nitrogens with one attached hydrogen (secondary N) is 1. The van der Waals surface area contributed by atoms with E-state index in [9.17, 15) is 8.42 Å². The second-order valence-electron chi connectivity index (χ2n) is 6.63. The first-order valence-corrected chi connectivity index (χ1v) is 10.3. The molecule has 0 amide bonds. The standard InChI is InChI=1S/C17H23N5O3S/c1-25-14-4-2-3-5-15(14)26(23,24)21-9-6-13(7-10-21)17-20-19-16-12-18-8-11-22(16)17/h2-5,13,18H,6-12H2,1H3. The van der Waals surface area contributed by atoms with Crippen molar-refractivity contribution in [3.05, 3.63) is 35.9 Å². The van der Waals surface area contributed by atoms with Gasteiger partial charge in [0.25, 0.3) is 0 Å². The third-order valence-electron chi connectivity index (χ3n) is 5.16. The molecule has 0 aliphatic carbocycles. The Balaban J connectivity index is 1.51. The minimum Gasteiger partial charge on any atom is -0.495 e. The molecule has 0 unspecified atom stereocenters. The number of rotatable bonds is 4. The zero-order chi connectivity index (χ0) is 18.1. The highest BCUT2D eigenvalue weighted by atomic mass is 32.2. The molecule has 2 aliphatic heterocycles. The Hall–Kier alpha value is -1.97. The highest BCUT2D eigenvalue weighted by molar-refractivity contribution is 7.89. The SMILES string of the molecule is COc1ccccc1S(=O)(=O)N1CCC(c2nnc3n2CCNC3)CC1. The number of methoxy groups -OCH3 is 1. The Morgan fingerprint density at radius 1 is 1.15 bits per heavy atom. The van der Waals surface area contributed by atoms with E-state index < -0.39 is 10.0 Å². The van der Waals surface area contributed by atoms with Crippen LogP contribution in [-0.2, 0) is 23.1 Å². The van der Waals surface area contributed by atoms with Crippen molar-refractivity contribution in [1.29, 1.82) is 0 Å². The van der Waals surface area contributed by atoms with Gasteiger partial charge in [-0.25, -0.2) is 8.42 Å². The van der Waals surface area contributed by atoms with Crippen molar-refractivity contribution in [2.45, 2.75) is 36.7 Å². The lowest BCUT2D eigenvalue weighted by atomic mass is 9.97. The van der Waals surface area contributed by atoms with Crippen LogP contribution in [0.3, 0.4) is 0 Å². The normalized spacial score (nSPS) is 19.3. The molecule has 26 heavy (non-hydrogen) atoms. The summed E-state index contributed by atoms with van der Waals surface area (Å²) in [5.74, 6) is 2.60. The van der Waals surface area contributed by atoms with E-state index >= 15 is 0 Å². The first-order chi connectivity index (χ1) is 12.6. The maximum Gasteiger partial charge on any atom is 0.246 e. The number of hydrogen-bond donors (Lipinski definition) is 1. The summed E-state index contributed by atoms with van der Waals surface area (Å²) in [6, 6.07) is 6.77. The van der Waals surface area contributed by atoms with Crippen LogP contribution in [0.5, 0.6) is 5.75 Å². The average Bonchev–Trinajstić information content (AvgIpc) is 3.12. The summed E-state index contributed by atoms with van der Waals surface area (Å²) in [4.78, 5) is 0.229. The smallest absolute Gasteiger partial charge is 0.246 e. The third-order valence-corrected chi connectivity index (χ3v) is 7.10. The van der Waals surface area contributed by atoms with Gasteiger partial charge in [-0.05, 0) is 25.0 Å². The number of sulfonamides is 1. The summed E-state index contributed by atoms with van der Waals surface area (Å²) in [5.41, 5.74) is 0. The molecule has 4 rings (SSSR count). The molecule has 0 radical (unpaired) electrons. The van der Waals surface area contributed by atoms with Crippen molar-refractivity contribution < 1.29 is 13.2 Å². The highest BCUT2D eigenvalue weighted by Gasteiger charge is 2.33. The van der Waals surface area contributed by atoms with Gasteiger partial charge in [0.05, 0.1) is 13.7 Å². The predicted molar refractivity (Wildman–Crippen MR) is 95.5 cm³/mol. The van der Waals surface area contributed by atoms with Crippen molar-refractivity contribution in [3.8, 4) is 5.75 Å². The van der Waals surface area contributed by atoms with Crippen LogP contribution in [0.1, 0.15) is 30.4 Å². The molecule has 140 valence electrons. The zero-order valence-electron chi connectivity index (χ0n) is 14.8. The van der Waals surface area contributed by atoms with Crippen LogP contribution in [-0.4, -0.2) is 54.2 Å². The maximum atomic E-state index is 13.0. The fourth-order valence-corrected chi connectivity index (χ4v) is 5.37. The van der Waals surface area contributed by atoms with E-state index in [2.05, 4.69) is 20.1 Å². The first kappa shape index (κ1) is 17.4. The second-order valence-corrected chi connectivity index (χ2v) is 8.54. The molecule has 1 fully saturated rings. The lowest BCUT2D eigenvalue weighted by molar-refractivity contribution is 0.305. The van der Waals surface area contributed by atoms with Crippen LogP contribution < -0.4 is 10.1 Å². The Labute approximate surface area is 153 Å². The van der Waals surface area contributed by atoms with Gasteiger partial charge in [0.1, 0.15) is 22.3 Å². The van der Waals surface area contributed by atoms with Crippen molar-refractivity contribution in [3.63, 3.8) is 0 Å². The van der Waals surface area contributed by atoms with Crippen molar-refractivity contribution in [2.24, 2.45) is 0 Å². The summed E-state index contributed by atoms with van der Waals surface area (Å²) in [6.45, 7) is 3.49. The summed E-state index contributed by atoms with van der Waals surface area (Å²) in [7, 11) is -2.07. The largest absolute Gasteiger partial charge is 0.495 e. The van der Waals surface area contributed by atoms with Gasteiger partial charge < -0.3 is 14.6 Å². The summed E-state index contributed by atoms with van der Waals surface area (Å²) in [6.07, 6.45) is 1.50. The molecule has 1 N–H and O–H groups in total. The molecular weight excluding hydrogens is 354 g/mol. The Morgan fingerprint density at radius 2 is 1.92 bits per heavy atom. The minimum atomic E-state index is -3.56. The van der Waals surface area contributed by atoms with E-state index in [4.69, 9.17) is 4.74 Å². The number of hydrogen-bond acceptors (Lipinski definition) is 6. The van der Waals surface area contributed by atoms with Gasteiger partial charge in [-0.3, -0.25) is 0 Å². The van der Waals surface area contributed by atoms with Crippen molar-refractivity contribution in [1.82, 2.24) is 24.4 Å². The van der Waals surface area contributed by atoms with Gasteiger partial charge in [0, 0.05) is 32.1 Å². The Morgan fingerprint density at radius 3 is 2.69 bits per heavy atom. The molecule has 1 aromatic carbocycles. The van der Waals surface area contributed by atoms with Gasteiger partial charge >= 0.3 is 0 Å². The van der Waals surface area contributed by atoms with Crippen LogP contribution in [0.15, 0.2) is 29.2 Å². The number of para-hydroxylation sites is 1. The van der Waals surface area contributed by atoms with Gasteiger partial charge in [-0.1, -0.05) is 12.1 Å². The number of benzene rings is 1. The lowest BCUT2D eigenvalue weighted by Gasteiger charge is -2.31. The molecule has 0 saturated carbocycles. The highest BCUT2D eigenvalue weighted by Crippen LogP contribution is 2.32. The van der Waals surface area contributed by atoms with Gasteiger partial charge in [0.2, 0.25) is 10.0 Å². The molecule has 8 nitrogen and oxygen atoms in total. The molecule has 0 spiro atoms. The predicted octanol–water partition coefficient (Wildman–Crippen LogP) is 0.958. The van der Waals surface area contributed by atoms with Crippen molar-refractivity contribution in [2.75, 3.05) is 26.7 Å². The average molecular weight is 377 g/mol. The van der Waals surface area contributed by atoms with Crippen LogP contribution in [0, 0.1) is 0 Å². The van der Waals surface area contributed by atoms with E-state index in [1.165, 1.54) is 7.11 Å². The molecule has 2 aromatic rings. The summed E-state index contributed by atoms with van der Waals surface area (Å²) >= 11 is 0. The van der Waals surface area contributed by atoms with Gasteiger partial charge in [0.15, 0.2) is 0 Å². The summed E-state index contributed by atoms with van der Waals surface area (Å²) < 4.78 is 35.0. The number of nitrogens with zero attached hydrogens (tertiary/aromatic N) is 4. The molecular formula is C17H23N5O3S. The third kappa shape index (κ3) is 3.00. The fourth-order valence-electron chi connectivity index (χ4n) is 3.74. The number of piperidine rings is 1.